The zero-order valence-electron chi connectivity index (χ0n) is 36.7. The third kappa shape index (κ3) is 41.6. The smallest absolute Gasteiger partial charge is 0.306 e. The monoisotopic (exact) mass is 765 g/mol. The first-order chi connectivity index (χ1) is 26.4. The summed E-state index contributed by atoms with van der Waals surface area (Å²) in [5.41, 5.74) is 0. The first-order valence-electron chi connectivity index (χ1n) is 23.9. The fraction of sp³-hybridized carbons (Fsp3) is 0.938. The number of carbonyl (C=O) groups is 3. The molecular formula is C48H92O6. The van der Waals surface area contributed by atoms with Crippen LogP contribution in [0.4, 0.5) is 0 Å². The number of hydrogen-bond acceptors (Lipinski definition) is 6. The van der Waals surface area contributed by atoms with Gasteiger partial charge in [0.2, 0.25) is 0 Å². The summed E-state index contributed by atoms with van der Waals surface area (Å²) < 4.78 is 16.7. The number of ether oxygens (including phenoxy) is 3. The molecule has 0 aliphatic rings. The minimum atomic E-state index is -0.758. The molecule has 0 aromatic heterocycles. The van der Waals surface area contributed by atoms with Crippen LogP contribution in [-0.2, 0) is 28.6 Å². The van der Waals surface area contributed by atoms with Crippen LogP contribution in [0.2, 0.25) is 0 Å². The Morgan fingerprint density at radius 2 is 0.611 bits per heavy atom. The Morgan fingerprint density at radius 1 is 0.352 bits per heavy atom. The third-order valence-corrected chi connectivity index (χ3v) is 10.8. The highest BCUT2D eigenvalue weighted by Gasteiger charge is 2.19. The molecule has 0 saturated heterocycles. The van der Waals surface area contributed by atoms with E-state index in [9.17, 15) is 14.4 Å². The minimum Gasteiger partial charge on any atom is -0.462 e. The molecule has 0 aromatic carbocycles. The van der Waals surface area contributed by atoms with Crippen LogP contribution in [0.3, 0.4) is 0 Å². The molecule has 0 aromatic rings. The highest BCUT2D eigenvalue weighted by Crippen LogP contribution is 2.16. The van der Waals surface area contributed by atoms with Gasteiger partial charge in [-0.1, -0.05) is 227 Å². The standard InChI is InChI=1S/C48H92O6/c1-5-7-9-11-13-15-24-28-32-36-40-47(50)53-43-45(42-52-46(49)39-35-31-27-22-14-12-10-8-6-2)54-48(51)41-37-33-29-25-21-19-17-16-18-20-23-26-30-34-38-44(3)4/h44-45H,5-43H2,1-4H3/t45-/m1/s1. The second-order valence-corrected chi connectivity index (χ2v) is 16.9. The molecule has 0 aliphatic carbocycles. The van der Waals surface area contributed by atoms with Crippen LogP contribution < -0.4 is 0 Å². The van der Waals surface area contributed by atoms with E-state index in [4.69, 9.17) is 14.2 Å². The minimum absolute atomic E-state index is 0.0635. The van der Waals surface area contributed by atoms with Crippen molar-refractivity contribution in [1.82, 2.24) is 0 Å². The molecule has 0 spiro atoms. The summed E-state index contributed by atoms with van der Waals surface area (Å²) in [5.74, 6) is -0.0105. The number of unbranched alkanes of at least 4 members (excludes halogenated alkanes) is 30. The molecule has 0 aliphatic heterocycles. The van der Waals surface area contributed by atoms with E-state index in [1.54, 1.807) is 0 Å². The van der Waals surface area contributed by atoms with Crippen LogP contribution in [-0.4, -0.2) is 37.2 Å². The Kier molecular flexibility index (Phi) is 41.3. The van der Waals surface area contributed by atoms with Gasteiger partial charge in [-0.05, 0) is 25.2 Å². The Labute approximate surface area is 336 Å². The molecule has 0 N–H and O–H groups in total. The van der Waals surface area contributed by atoms with Gasteiger partial charge in [-0.15, -0.1) is 0 Å². The topological polar surface area (TPSA) is 78.9 Å². The van der Waals surface area contributed by atoms with Gasteiger partial charge in [0.15, 0.2) is 6.10 Å². The highest BCUT2D eigenvalue weighted by atomic mass is 16.6. The molecule has 0 bridgehead atoms. The van der Waals surface area contributed by atoms with Crippen LogP contribution in [0.15, 0.2) is 0 Å². The summed E-state index contributed by atoms with van der Waals surface area (Å²) in [4.78, 5) is 37.7. The number of carbonyl (C=O) groups excluding carboxylic acids is 3. The molecule has 320 valence electrons. The van der Waals surface area contributed by atoms with E-state index in [-0.39, 0.29) is 31.1 Å². The maximum Gasteiger partial charge on any atom is 0.306 e. The number of rotatable bonds is 43. The van der Waals surface area contributed by atoms with Gasteiger partial charge < -0.3 is 14.2 Å². The fourth-order valence-electron chi connectivity index (χ4n) is 7.16. The average molecular weight is 765 g/mol. The summed E-state index contributed by atoms with van der Waals surface area (Å²) >= 11 is 0. The van der Waals surface area contributed by atoms with Crippen LogP contribution in [0, 0.1) is 5.92 Å². The van der Waals surface area contributed by atoms with E-state index < -0.39 is 6.10 Å². The molecule has 0 fully saturated rings. The van der Waals surface area contributed by atoms with E-state index in [0.717, 1.165) is 63.7 Å². The first kappa shape index (κ1) is 52.4. The molecule has 6 nitrogen and oxygen atoms in total. The van der Waals surface area contributed by atoms with Gasteiger partial charge in [0.1, 0.15) is 13.2 Å². The molecule has 0 amide bonds. The second-order valence-electron chi connectivity index (χ2n) is 16.9. The second kappa shape index (κ2) is 42.6. The van der Waals surface area contributed by atoms with Gasteiger partial charge in [0, 0.05) is 19.3 Å². The number of esters is 3. The Hall–Kier alpha value is -1.59. The van der Waals surface area contributed by atoms with Gasteiger partial charge in [0.25, 0.3) is 0 Å². The molecule has 6 heteroatoms. The zero-order chi connectivity index (χ0) is 39.6. The van der Waals surface area contributed by atoms with Crippen molar-refractivity contribution < 1.29 is 28.6 Å². The van der Waals surface area contributed by atoms with Crippen LogP contribution >= 0.6 is 0 Å². The Bertz CT molecular complexity index is 811. The number of hydrogen-bond donors (Lipinski definition) is 0. The van der Waals surface area contributed by atoms with Crippen molar-refractivity contribution in [2.45, 2.75) is 271 Å². The molecule has 0 radical (unpaired) electrons. The molecule has 54 heavy (non-hydrogen) atoms. The molecule has 0 rings (SSSR count). The molecule has 0 unspecified atom stereocenters. The lowest BCUT2D eigenvalue weighted by Crippen LogP contribution is -2.30. The van der Waals surface area contributed by atoms with Gasteiger partial charge in [0.05, 0.1) is 0 Å². The van der Waals surface area contributed by atoms with Gasteiger partial charge in [-0.25, -0.2) is 0 Å². The molecule has 1 atom stereocenters. The molecule has 0 saturated carbocycles. The maximum absolute atomic E-state index is 12.7. The first-order valence-corrected chi connectivity index (χ1v) is 23.9. The van der Waals surface area contributed by atoms with Gasteiger partial charge >= 0.3 is 17.9 Å². The SMILES string of the molecule is CCCCCCCCCCCCC(=O)OC[C@@H](COC(=O)CCCCCCCCCCC)OC(=O)CCCCCCCCCCCCCCCCC(C)C. The van der Waals surface area contributed by atoms with E-state index in [0.29, 0.717) is 19.3 Å². The third-order valence-electron chi connectivity index (χ3n) is 10.8. The lowest BCUT2D eigenvalue weighted by Gasteiger charge is -2.18. The van der Waals surface area contributed by atoms with Gasteiger partial charge in [-0.3, -0.25) is 14.4 Å². The summed E-state index contributed by atoms with van der Waals surface area (Å²) in [7, 11) is 0. The van der Waals surface area contributed by atoms with Crippen molar-refractivity contribution >= 4 is 17.9 Å². The highest BCUT2D eigenvalue weighted by molar-refractivity contribution is 5.71. The van der Waals surface area contributed by atoms with E-state index in [1.165, 1.54) is 161 Å². The van der Waals surface area contributed by atoms with E-state index in [1.807, 2.05) is 0 Å². The Balaban J connectivity index is 4.26. The fourth-order valence-corrected chi connectivity index (χ4v) is 7.16. The van der Waals surface area contributed by atoms with Crippen LogP contribution in [0.1, 0.15) is 265 Å². The van der Waals surface area contributed by atoms with Crippen molar-refractivity contribution in [3.05, 3.63) is 0 Å². The van der Waals surface area contributed by atoms with E-state index in [2.05, 4.69) is 27.7 Å². The van der Waals surface area contributed by atoms with Gasteiger partial charge in [-0.2, -0.15) is 0 Å². The average Bonchev–Trinajstić information content (AvgIpc) is 3.15. The quantitative estimate of drug-likeness (QED) is 0.0349. The molecule has 0 heterocycles. The molecular weight excluding hydrogens is 673 g/mol. The predicted molar refractivity (Wildman–Crippen MR) is 229 cm³/mol. The normalized spacial score (nSPS) is 11.9. The lowest BCUT2D eigenvalue weighted by atomic mass is 10.0. The van der Waals surface area contributed by atoms with Crippen molar-refractivity contribution in [2.75, 3.05) is 13.2 Å². The predicted octanol–water partition coefficient (Wildman–Crippen LogP) is 15.1. The van der Waals surface area contributed by atoms with Crippen LogP contribution in [0.25, 0.3) is 0 Å². The van der Waals surface area contributed by atoms with Crippen molar-refractivity contribution in [2.24, 2.45) is 5.92 Å². The summed E-state index contributed by atoms with van der Waals surface area (Å²) in [5, 5.41) is 0. The summed E-state index contributed by atoms with van der Waals surface area (Å²) in [6.45, 7) is 8.99. The summed E-state index contributed by atoms with van der Waals surface area (Å²) in [6.07, 6.45) is 42.3. The zero-order valence-corrected chi connectivity index (χ0v) is 36.7. The maximum atomic E-state index is 12.7. The Morgan fingerprint density at radius 3 is 0.907 bits per heavy atom. The van der Waals surface area contributed by atoms with Crippen LogP contribution in [0.5, 0.6) is 0 Å². The van der Waals surface area contributed by atoms with Crippen molar-refractivity contribution in [3.8, 4) is 0 Å². The van der Waals surface area contributed by atoms with E-state index >= 15 is 0 Å². The van der Waals surface area contributed by atoms with Crippen molar-refractivity contribution in [3.63, 3.8) is 0 Å². The lowest BCUT2D eigenvalue weighted by molar-refractivity contribution is -0.167. The largest absolute Gasteiger partial charge is 0.462 e. The van der Waals surface area contributed by atoms with Crippen molar-refractivity contribution in [1.29, 1.82) is 0 Å². The summed E-state index contributed by atoms with van der Waals surface area (Å²) in [6, 6.07) is 0.